The molecular formula is C18H22BrN3OS2. The Morgan fingerprint density at radius 1 is 1.24 bits per heavy atom. The van der Waals surface area contributed by atoms with Gasteiger partial charge in [0, 0.05) is 34.2 Å². The SMILES string of the molecule is C[C@H](NC(=S)Nc1ccc(Br)cc1)[C@H](c1cccs1)N1CCOCC1. The lowest BCUT2D eigenvalue weighted by Gasteiger charge is -2.38. The summed E-state index contributed by atoms with van der Waals surface area (Å²) in [7, 11) is 0. The molecule has 0 radical (unpaired) electrons. The summed E-state index contributed by atoms with van der Waals surface area (Å²) in [5, 5.41) is 9.50. The molecule has 1 saturated heterocycles. The third kappa shape index (κ3) is 5.24. The largest absolute Gasteiger partial charge is 0.379 e. The molecule has 7 heteroatoms. The summed E-state index contributed by atoms with van der Waals surface area (Å²) in [6, 6.07) is 12.8. The van der Waals surface area contributed by atoms with Crippen LogP contribution in [0.15, 0.2) is 46.3 Å². The highest BCUT2D eigenvalue weighted by atomic mass is 79.9. The Labute approximate surface area is 166 Å². The molecule has 0 saturated carbocycles. The molecule has 134 valence electrons. The predicted octanol–water partition coefficient (Wildman–Crippen LogP) is 4.26. The van der Waals surface area contributed by atoms with Crippen molar-refractivity contribution in [2.24, 2.45) is 0 Å². The van der Waals surface area contributed by atoms with Gasteiger partial charge in [-0.3, -0.25) is 4.90 Å². The fourth-order valence-electron chi connectivity index (χ4n) is 3.04. The zero-order chi connectivity index (χ0) is 17.6. The van der Waals surface area contributed by atoms with Crippen molar-refractivity contribution in [3.63, 3.8) is 0 Å². The highest BCUT2D eigenvalue weighted by Gasteiger charge is 2.28. The van der Waals surface area contributed by atoms with Crippen LogP contribution >= 0.6 is 39.5 Å². The van der Waals surface area contributed by atoms with Crippen LogP contribution in [0.25, 0.3) is 0 Å². The average molecular weight is 440 g/mol. The van der Waals surface area contributed by atoms with Crippen molar-refractivity contribution in [2.75, 3.05) is 31.6 Å². The maximum Gasteiger partial charge on any atom is 0.171 e. The van der Waals surface area contributed by atoms with Crippen molar-refractivity contribution in [3.8, 4) is 0 Å². The van der Waals surface area contributed by atoms with E-state index < -0.39 is 0 Å². The molecular weight excluding hydrogens is 418 g/mol. The monoisotopic (exact) mass is 439 g/mol. The molecule has 0 amide bonds. The van der Waals surface area contributed by atoms with Gasteiger partial charge in [-0.2, -0.15) is 0 Å². The minimum Gasteiger partial charge on any atom is -0.379 e. The third-order valence-corrected chi connectivity index (χ3v) is 5.90. The molecule has 1 aliphatic rings. The number of morpholine rings is 1. The fraction of sp³-hybridized carbons (Fsp3) is 0.389. The lowest BCUT2D eigenvalue weighted by Crippen LogP contribution is -2.49. The Balaban J connectivity index is 1.66. The van der Waals surface area contributed by atoms with E-state index in [1.807, 2.05) is 24.3 Å². The summed E-state index contributed by atoms with van der Waals surface area (Å²) in [6.45, 7) is 5.66. The van der Waals surface area contributed by atoms with Gasteiger partial charge >= 0.3 is 0 Å². The van der Waals surface area contributed by atoms with Crippen molar-refractivity contribution < 1.29 is 4.74 Å². The number of thiophene rings is 1. The van der Waals surface area contributed by atoms with Crippen molar-refractivity contribution in [1.29, 1.82) is 0 Å². The zero-order valence-corrected chi connectivity index (χ0v) is 17.3. The number of anilines is 1. The minimum absolute atomic E-state index is 0.187. The molecule has 2 heterocycles. The van der Waals surface area contributed by atoms with Gasteiger partial charge in [0.15, 0.2) is 5.11 Å². The number of ether oxygens (including phenoxy) is 1. The van der Waals surface area contributed by atoms with E-state index >= 15 is 0 Å². The second kappa shape index (κ2) is 9.09. The number of benzene rings is 1. The van der Waals surface area contributed by atoms with Gasteiger partial charge in [-0.05, 0) is 54.9 Å². The van der Waals surface area contributed by atoms with Crippen LogP contribution in [-0.2, 0) is 4.74 Å². The first-order chi connectivity index (χ1) is 12.1. The first-order valence-electron chi connectivity index (χ1n) is 8.32. The molecule has 4 nitrogen and oxygen atoms in total. The first kappa shape index (κ1) is 18.8. The molecule has 1 aromatic carbocycles. The topological polar surface area (TPSA) is 36.5 Å². The smallest absolute Gasteiger partial charge is 0.171 e. The molecule has 0 spiro atoms. The lowest BCUT2D eigenvalue weighted by molar-refractivity contribution is 0.0110. The average Bonchev–Trinajstić information content (AvgIpc) is 3.12. The second-order valence-corrected chi connectivity index (χ2v) is 8.31. The van der Waals surface area contributed by atoms with Crippen molar-refractivity contribution in [1.82, 2.24) is 10.2 Å². The zero-order valence-electron chi connectivity index (χ0n) is 14.1. The molecule has 1 fully saturated rings. The van der Waals surface area contributed by atoms with Crippen LogP contribution in [0.1, 0.15) is 17.8 Å². The van der Waals surface area contributed by atoms with E-state index in [0.717, 1.165) is 36.5 Å². The Bertz CT molecular complexity index is 672. The second-order valence-electron chi connectivity index (χ2n) is 6.00. The van der Waals surface area contributed by atoms with Gasteiger partial charge in [0.25, 0.3) is 0 Å². The Morgan fingerprint density at radius 2 is 1.96 bits per heavy atom. The molecule has 25 heavy (non-hydrogen) atoms. The van der Waals surface area contributed by atoms with Crippen LogP contribution < -0.4 is 10.6 Å². The minimum atomic E-state index is 0.187. The molecule has 2 atom stereocenters. The van der Waals surface area contributed by atoms with Crippen molar-refractivity contribution >= 4 is 50.3 Å². The summed E-state index contributed by atoms with van der Waals surface area (Å²) in [5.74, 6) is 0. The number of rotatable bonds is 5. The van der Waals surface area contributed by atoms with Crippen LogP contribution in [0.4, 0.5) is 5.69 Å². The van der Waals surface area contributed by atoms with E-state index in [4.69, 9.17) is 17.0 Å². The number of thiocarbonyl (C=S) groups is 1. The lowest BCUT2D eigenvalue weighted by atomic mass is 10.1. The Hall–Kier alpha value is -0.990. The highest BCUT2D eigenvalue weighted by Crippen LogP contribution is 2.29. The van der Waals surface area contributed by atoms with Crippen molar-refractivity contribution in [3.05, 3.63) is 51.1 Å². The first-order valence-corrected chi connectivity index (χ1v) is 10.4. The maximum atomic E-state index is 5.52. The van der Waals surface area contributed by atoms with Crippen LogP contribution in [0.3, 0.4) is 0 Å². The standard InChI is InChI=1S/C18H22BrN3OS2/c1-13(20-18(24)21-15-6-4-14(19)5-7-15)17(16-3-2-12-25-16)22-8-10-23-11-9-22/h2-7,12-13,17H,8-11H2,1H3,(H2,20,21,24)/t13-,17+/m0/s1. The molecule has 0 aliphatic carbocycles. The molecule has 0 bridgehead atoms. The van der Waals surface area contributed by atoms with Crippen LogP contribution in [-0.4, -0.2) is 42.4 Å². The van der Waals surface area contributed by atoms with E-state index in [2.05, 4.69) is 55.9 Å². The molecule has 0 unspecified atom stereocenters. The summed E-state index contributed by atoms with van der Waals surface area (Å²) >= 11 is 10.8. The van der Waals surface area contributed by atoms with Crippen LogP contribution in [0, 0.1) is 0 Å². The fourth-order valence-corrected chi connectivity index (χ4v) is 4.58. The normalized spacial score (nSPS) is 17.7. The number of hydrogen-bond donors (Lipinski definition) is 2. The van der Waals surface area contributed by atoms with E-state index in [-0.39, 0.29) is 12.1 Å². The van der Waals surface area contributed by atoms with Crippen LogP contribution in [0.5, 0.6) is 0 Å². The van der Waals surface area contributed by atoms with E-state index in [0.29, 0.717) is 5.11 Å². The summed E-state index contributed by atoms with van der Waals surface area (Å²) in [4.78, 5) is 3.84. The maximum absolute atomic E-state index is 5.52. The van der Waals surface area contributed by atoms with Gasteiger partial charge in [0.1, 0.15) is 0 Å². The van der Waals surface area contributed by atoms with Gasteiger partial charge < -0.3 is 15.4 Å². The van der Waals surface area contributed by atoms with Crippen molar-refractivity contribution in [2.45, 2.75) is 19.0 Å². The molecule has 2 aromatic rings. The Kier molecular flexibility index (Phi) is 6.84. The quantitative estimate of drug-likeness (QED) is 0.680. The van der Waals surface area contributed by atoms with Gasteiger partial charge in [0.2, 0.25) is 0 Å². The Morgan fingerprint density at radius 3 is 2.60 bits per heavy atom. The molecule has 1 aromatic heterocycles. The summed E-state index contributed by atoms with van der Waals surface area (Å²) in [5.41, 5.74) is 0.979. The predicted molar refractivity (Wildman–Crippen MR) is 112 cm³/mol. The number of nitrogens with one attached hydrogen (secondary N) is 2. The molecule has 2 N–H and O–H groups in total. The van der Waals surface area contributed by atoms with Gasteiger partial charge in [-0.25, -0.2) is 0 Å². The van der Waals surface area contributed by atoms with Gasteiger partial charge in [-0.1, -0.05) is 22.0 Å². The highest BCUT2D eigenvalue weighted by molar-refractivity contribution is 9.10. The van der Waals surface area contributed by atoms with E-state index in [1.165, 1.54) is 4.88 Å². The summed E-state index contributed by atoms with van der Waals surface area (Å²) < 4.78 is 6.57. The number of nitrogens with zero attached hydrogens (tertiary/aromatic N) is 1. The van der Waals surface area contributed by atoms with E-state index in [9.17, 15) is 0 Å². The molecule has 1 aliphatic heterocycles. The number of hydrogen-bond acceptors (Lipinski definition) is 4. The number of halogens is 1. The van der Waals surface area contributed by atoms with E-state index in [1.54, 1.807) is 11.3 Å². The third-order valence-electron chi connectivity index (χ3n) is 4.21. The van der Waals surface area contributed by atoms with Gasteiger partial charge in [0.05, 0.1) is 19.3 Å². The van der Waals surface area contributed by atoms with Gasteiger partial charge in [-0.15, -0.1) is 11.3 Å². The summed E-state index contributed by atoms with van der Waals surface area (Å²) in [6.07, 6.45) is 0. The van der Waals surface area contributed by atoms with Crippen LogP contribution in [0.2, 0.25) is 0 Å². The molecule has 3 rings (SSSR count).